The van der Waals surface area contributed by atoms with E-state index in [2.05, 4.69) is 48.9 Å². The van der Waals surface area contributed by atoms with Crippen LogP contribution in [0.25, 0.3) is 0 Å². The Morgan fingerprint density at radius 3 is 2.89 bits per heavy atom. The molecule has 7 heteroatoms. The van der Waals surface area contributed by atoms with Gasteiger partial charge in [-0.15, -0.1) is 11.3 Å². The standard InChI is InChI=1S/C20H30N6S/c1-21-20(26-10-7-16(15-26)17-12-23-24(2)14-17)22-13-18(19-6-5-11-27-19)25-8-3-4-9-25/h5-6,11-12,14,16,18H,3-4,7-10,13,15H2,1-2H3,(H,21,22). The summed E-state index contributed by atoms with van der Waals surface area (Å²) >= 11 is 1.86. The van der Waals surface area contributed by atoms with Crippen molar-refractivity contribution >= 4 is 17.3 Å². The van der Waals surface area contributed by atoms with Gasteiger partial charge in [-0.25, -0.2) is 0 Å². The largest absolute Gasteiger partial charge is 0.354 e. The Bertz CT molecular complexity index is 746. The molecule has 1 N–H and O–H groups in total. The van der Waals surface area contributed by atoms with Crippen LogP contribution >= 0.6 is 11.3 Å². The van der Waals surface area contributed by atoms with Crippen molar-refractivity contribution in [3.63, 3.8) is 0 Å². The maximum absolute atomic E-state index is 4.58. The molecule has 0 amide bonds. The number of hydrogen-bond acceptors (Lipinski definition) is 4. The number of guanidine groups is 1. The maximum atomic E-state index is 4.58. The van der Waals surface area contributed by atoms with Gasteiger partial charge in [0.15, 0.2) is 5.96 Å². The summed E-state index contributed by atoms with van der Waals surface area (Å²) in [7, 11) is 3.88. The summed E-state index contributed by atoms with van der Waals surface area (Å²) < 4.78 is 1.90. The molecule has 2 aromatic heterocycles. The van der Waals surface area contributed by atoms with Gasteiger partial charge in [0.1, 0.15) is 0 Å². The van der Waals surface area contributed by atoms with Crippen LogP contribution in [0.5, 0.6) is 0 Å². The van der Waals surface area contributed by atoms with Crippen molar-refractivity contribution < 1.29 is 0 Å². The topological polar surface area (TPSA) is 48.7 Å². The second-order valence-corrected chi connectivity index (χ2v) is 8.56. The van der Waals surface area contributed by atoms with E-state index < -0.39 is 0 Å². The Morgan fingerprint density at radius 2 is 2.22 bits per heavy atom. The molecule has 0 aliphatic carbocycles. The zero-order chi connectivity index (χ0) is 18.6. The van der Waals surface area contributed by atoms with E-state index in [1.165, 1.54) is 36.4 Å². The highest BCUT2D eigenvalue weighted by atomic mass is 32.1. The van der Waals surface area contributed by atoms with Crippen molar-refractivity contribution in [2.75, 3.05) is 39.8 Å². The van der Waals surface area contributed by atoms with Gasteiger partial charge < -0.3 is 10.2 Å². The van der Waals surface area contributed by atoms with E-state index in [9.17, 15) is 0 Å². The van der Waals surface area contributed by atoms with E-state index in [4.69, 9.17) is 0 Å². The minimum atomic E-state index is 0.445. The lowest BCUT2D eigenvalue weighted by molar-refractivity contribution is 0.247. The van der Waals surface area contributed by atoms with Crippen LogP contribution < -0.4 is 5.32 Å². The van der Waals surface area contributed by atoms with E-state index in [-0.39, 0.29) is 0 Å². The number of thiophene rings is 1. The van der Waals surface area contributed by atoms with E-state index in [1.54, 1.807) is 0 Å². The SMILES string of the molecule is CN=C(NCC(c1cccs1)N1CCCC1)N1CCC(c2cnn(C)c2)C1. The van der Waals surface area contributed by atoms with Gasteiger partial charge in [0.05, 0.1) is 12.2 Å². The van der Waals surface area contributed by atoms with Gasteiger partial charge in [-0.05, 0) is 49.4 Å². The fourth-order valence-corrected chi connectivity index (χ4v) is 5.20. The molecule has 0 bridgehead atoms. The van der Waals surface area contributed by atoms with Crippen molar-refractivity contribution in [1.82, 2.24) is 24.9 Å². The number of nitrogens with zero attached hydrogens (tertiary/aromatic N) is 5. The summed E-state index contributed by atoms with van der Waals surface area (Å²) in [5.41, 5.74) is 1.34. The van der Waals surface area contributed by atoms with Crippen molar-refractivity contribution in [3.05, 3.63) is 40.3 Å². The first-order valence-electron chi connectivity index (χ1n) is 9.96. The number of likely N-dealkylation sites (tertiary alicyclic amines) is 2. The maximum Gasteiger partial charge on any atom is 0.193 e. The fraction of sp³-hybridized carbons (Fsp3) is 0.600. The fourth-order valence-electron chi connectivity index (χ4n) is 4.34. The summed E-state index contributed by atoms with van der Waals surface area (Å²) in [4.78, 5) is 11.0. The molecule has 2 atom stereocenters. The number of aliphatic imine (C=N–C) groups is 1. The van der Waals surface area contributed by atoms with Gasteiger partial charge in [-0.3, -0.25) is 14.6 Å². The average molecular weight is 387 g/mol. The quantitative estimate of drug-likeness (QED) is 0.634. The van der Waals surface area contributed by atoms with E-state index in [1.807, 2.05) is 36.3 Å². The minimum absolute atomic E-state index is 0.445. The molecule has 2 aliphatic rings. The van der Waals surface area contributed by atoms with Crippen LogP contribution in [-0.2, 0) is 7.05 Å². The molecule has 2 fully saturated rings. The third-order valence-electron chi connectivity index (χ3n) is 5.80. The molecule has 0 radical (unpaired) electrons. The summed E-state index contributed by atoms with van der Waals surface area (Å²) in [6.07, 6.45) is 7.94. The lowest BCUT2D eigenvalue weighted by Gasteiger charge is -2.29. The van der Waals surface area contributed by atoms with Crippen molar-refractivity contribution in [3.8, 4) is 0 Å². The average Bonchev–Trinajstić information content (AvgIpc) is 3.47. The van der Waals surface area contributed by atoms with Crippen molar-refractivity contribution in [2.24, 2.45) is 12.0 Å². The number of hydrogen-bond donors (Lipinski definition) is 1. The predicted molar refractivity (Wildman–Crippen MR) is 111 cm³/mol. The zero-order valence-corrected chi connectivity index (χ0v) is 17.2. The molecule has 2 aliphatic heterocycles. The van der Waals surface area contributed by atoms with Crippen LogP contribution in [0.3, 0.4) is 0 Å². The van der Waals surface area contributed by atoms with Crippen molar-refractivity contribution in [1.29, 1.82) is 0 Å². The molecule has 0 spiro atoms. The Balaban J connectivity index is 1.38. The van der Waals surface area contributed by atoms with Gasteiger partial charge in [0.2, 0.25) is 0 Å². The van der Waals surface area contributed by atoms with Gasteiger partial charge in [0, 0.05) is 50.7 Å². The highest BCUT2D eigenvalue weighted by Crippen LogP contribution is 2.29. The summed E-state index contributed by atoms with van der Waals surface area (Å²) in [6.45, 7) is 5.39. The molecule has 6 nitrogen and oxygen atoms in total. The first-order valence-corrected chi connectivity index (χ1v) is 10.8. The number of aryl methyl sites for hydroxylation is 1. The van der Waals surface area contributed by atoms with Gasteiger partial charge >= 0.3 is 0 Å². The van der Waals surface area contributed by atoms with Crippen LogP contribution in [0.4, 0.5) is 0 Å². The van der Waals surface area contributed by atoms with E-state index >= 15 is 0 Å². The summed E-state index contributed by atoms with van der Waals surface area (Å²) in [5, 5.41) is 10.2. The lowest BCUT2D eigenvalue weighted by Crippen LogP contribution is -2.44. The highest BCUT2D eigenvalue weighted by molar-refractivity contribution is 7.10. The monoisotopic (exact) mass is 386 g/mol. The van der Waals surface area contributed by atoms with E-state index in [0.717, 1.165) is 32.0 Å². The second-order valence-electron chi connectivity index (χ2n) is 7.58. The van der Waals surface area contributed by atoms with E-state index in [0.29, 0.717) is 12.0 Å². The predicted octanol–water partition coefficient (Wildman–Crippen LogP) is 2.68. The lowest BCUT2D eigenvalue weighted by atomic mass is 10.0. The first-order chi connectivity index (χ1) is 13.2. The molecule has 4 rings (SSSR count). The smallest absolute Gasteiger partial charge is 0.193 e. The van der Waals surface area contributed by atoms with Crippen LogP contribution in [0.1, 0.15) is 41.7 Å². The van der Waals surface area contributed by atoms with Gasteiger partial charge in [-0.2, -0.15) is 5.10 Å². The number of rotatable bonds is 5. The Hall–Kier alpha value is -1.86. The molecular formula is C20H30N6S. The van der Waals surface area contributed by atoms with Crippen LogP contribution in [0.2, 0.25) is 0 Å². The molecular weight excluding hydrogens is 356 g/mol. The highest BCUT2D eigenvalue weighted by Gasteiger charge is 2.29. The second kappa shape index (κ2) is 8.44. The summed E-state index contributed by atoms with van der Waals surface area (Å²) in [6, 6.07) is 4.88. The summed E-state index contributed by atoms with van der Waals surface area (Å²) in [5.74, 6) is 1.58. The molecule has 2 unspecified atom stereocenters. The molecule has 4 heterocycles. The molecule has 27 heavy (non-hydrogen) atoms. The minimum Gasteiger partial charge on any atom is -0.354 e. The molecule has 146 valence electrons. The molecule has 0 aromatic carbocycles. The zero-order valence-electron chi connectivity index (χ0n) is 16.3. The normalized spacial score (nSPS) is 22.5. The Kier molecular flexibility index (Phi) is 5.78. The first kappa shape index (κ1) is 18.5. The number of aromatic nitrogens is 2. The molecule has 2 aromatic rings. The van der Waals surface area contributed by atoms with Crippen LogP contribution in [-0.4, -0.2) is 65.3 Å². The van der Waals surface area contributed by atoms with Crippen molar-refractivity contribution in [2.45, 2.75) is 31.2 Å². The number of nitrogens with one attached hydrogen (secondary N) is 1. The third-order valence-corrected chi connectivity index (χ3v) is 6.78. The Labute approximate surface area is 165 Å². The van der Waals surface area contributed by atoms with Crippen LogP contribution in [0, 0.1) is 0 Å². The third kappa shape index (κ3) is 4.19. The van der Waals surface area contributed by atoms with Gasteiger partial charge in [-0.1, -0.05) is 6.07 Å². The Morgan fingerprint density at radius 1 is 1.37 bits per heavy atom. The molecule has 0 saturated carbocycles. The molecule has 2 saturated heterocycles. The van der Waals surface area contributed by atoms with Gasteiger partial charge in [0.25, 0.3) is 0 Å². The van der Waals surface area contributed by atoms with Crippen LogP contribution in [0.15, 0.2) is 34.9 Å².